The minimum Gasteiger partial charge on any atom is -0.493 e. The first-order valence-electron chi connectivity index (χ1n) is 12.1. The summed E-state index contributed by atoms with van der Waals surface area (Å²) in [6.45, 7) is 7.87. The van der Waals surface area contributed by atoms with E-state index in [1.54, 1.807) is 24.5 Å². The minimum atomic E-state index is -0.305. The van der Waals surface area contributed by atoms with Crippen molar-refractivity contribution in [2.24, 2.45) is 11.8 Å². The highest BCUT2D eigenvalue weighted by Crippen LogP contribution is 2.25. The highest BCUT2D eigenvalue weighted by atomic mass is 19.1. The van der Waals surface area contributed by atoms with Gasteiger partial charge in [-0.2, -0.15) is 0 Å². The molecule has 0 radical (unpaired) electrons. The molecular formula is C26H35FN4O2. The Morgan fingerprint density at radius 2 is 2.09 bits per heavy atom. The van der Waals surface area contributed by atoms with Gasteiger partial charge in [-0.15, -0.1) is 0 Å². The summed E-state index contributed by atoms with van der Waals surface area (Å²) in [4.78, 5) is 22.0. The topological polar surface area (TPSA) is 57.7 Å². The molecule has 2 aliphatic rings. The second kappa shape index (κ2) is 11.6. The molecule has 0 saturated carbocycles. The molecule has 7 heteroatoms. The third-order valence-electron chi connectivity index (χ3n) is 6.84. The maximum absolute atomic E-state index is 13.5. The number of carbonyl (C=O) groups is 1. The summed E-state index contributed by atoms with van der Waals surface area (Å²) in [5.74, 6) is 0.466. The molecule has 1 aromatic carbocycles. The summed E-state index contributed by atoms with van der Waals surface area (Å²) < 4.78 is 19.4. The van der Waals surface area contributed by atoms with Crippen molar-refractivity contribution in [2.75, 3.05) is 39.3 Å². The lowest BCUT2D eigenvalue weighted by molar-refractivity contribution is -0.128. The van der Waals surface area contributed by atoms with Gasteiger partial charge in [0, 0.05) is 56.6 Å². The number of likely N-dealkylation sites (tertiary alicyclic amines) is 2. The van der Waals surface area contributed by atoms with Crippen LogP contribution in [0.4, 0.5) is 4.39 Å². The molecule has 4 rings (SSSR count). The molecule has 0 spiro atoms. The van der Waals surface area contributed by atoms with Gasteiger partial charge in [0.1, 0.15) is 11.6 Å². The summed E-state index contributed by atoms with van der Waals surface area (Å²) in [5.41, 5.74) is 1.18. The molecule has 0 bridgehead atoms. The number of nitrogens with zero attached hydrogens (tertiary/aromatic N) is 3. The van der Waals surface area contributed by atoms with Gasteiger partial charge in [-0.3, -0.25) is 19.6 Å². The first-order chi connectivity index (χ1) is 16.1. The van der Waals surface area contributed by atoms with Crippen molar-refractivity contribution in [1.82, 2.24) is 20.1 Å². The second-order valence-corrected chi connectivity index (χ2v) is 9.29. The molecule has 2 aromatic rings. The number of carbonyl (C=O) groups excluding carboxylic acids is 1. The molecule has 6 nitrogen and oxygen atoms in total. The van der Waals surface area contributed by atoms with Gasteiger partial charge < -0.3 is 10.1 Å². The fourth-order valence-electron chi connectivity index (χ4n) is 5.17. The van der Waals surface area contributed by atoms with E-state index in [2.05, 4.69) is 27.0 Å². The van der Waals surface area contributed by atoms with Gasteiger partial charge in [0.05, 0.1) is 12.5 Å². The van der Waals surface area contributed by atoms with Crippen LogP contribution < -0.4 is 10.1 Å². The molecule has 1 N–H and O–H groups in total. The van der Waals surface area contributed by atoms with Gasteiger partial charge in [0.2, 0.25) is 5.91 Å². The van der Waals surface area contributed by atoms with Crippen molar-refractivity contribution >= 4 is 5.91 Å². The first-order valence-corrected chi connectivity index (χ1v) is 12.1. The fraction of sp³-hybridized carbons (Fsp3) is 0.538. The van der Waals surface area contributed by atoms with E-state index in [1.165, 1.54) is 24.1 Å². The Bertz CT molecular complexity index is 897. The maximum atomic E-state index is 13.5. The standard InChI is InChI=1S/C26H35FN4O2/c1-2-31-12-4-6-24(31)15-29-26(32)22-13-21(19-33-25-7-3-5-23(27)14-25)17-30(18-22)16-20-8-10-28-11-9-20/h3,5,7-11,14,21-22,24H,2,4,6,12-13,15-19H2,1H3,(H,29,32)/t21-,22+,24?/m0/s1. The van der Waals surface area contributed by atoms with Gasteiger partial charge in [-0.1, -0.05) is 13.0 Å². The summed E-state index contributed by atoms with van der Waals surface area (Å²) >= 11 is 0. The number of nitrogens with one attached hydrogen (secondary N) is 1. The van der Waals surface area contributed by atoms with E-state index in [4.69, 9.17) is 4.74 Å². The number of hydrogen-bond donors (Lipinski definition) is 1. The van der Waals surface area contributed by atoms with E-state index in [1.807, 2.05) is 12.1 Å². The van der Waals surface area contributed by atoms with Crippen LogP contribution >= 0.6 is 0 Å². The molecule has 2 fully saturated rings. The van der Waals surface area contributed by atoms with Crippen molar-refractivity contribution in [3.05, 3.63) is 60.2 Å². The predicted molar refractivity (Wildman–Crippen MR) is 126 cm³/mol. The Morgan fingerprint density at radius 1 is 1.24 bits per heavy atom. The zero-order valence-corrected chi connectivity index (χ0v) is 19.5. The summed E-state index contributed by atoms with van der Waals surface area (Å²) in [7, 11) is 0. The first kappa shape index (κ1) is 23.6. The Balaban J connectivity index is 1.38. The number of ether oxygens (including phenoxy) is 1. The number of pyridine rings is 1. The minimum absolute atomic E-state index is 0.0850. The van der Waals surface area contributed by atoms with Crippen molar-refractivity contribution in [3.63, 3.8) is 0 Å². The summed E-state index contributed by atoms with van der Waals surface area (Å²) in [6, 6.07) is 10.7. The molecule has 178 valence electrons. The van der Waals surface area contributed by atoms with Gasteiger partial charge in [0.25, 0.3) is 0 Å². The number of hydrogen-bond acceptors (Lipinski definition) is 5. The van der Waals surface area contributed by atoms with Gasteiger partial charge in [-0.05, 0) is 62.2 Å². The van der Waals surface area contributed by atoms with Crippen LogP contribution in [-0.2, 0) is 11.3 Å². The maximum Gasteiger partial charge on any atom is 0.224 e. The third-order valence-corrected chi connectivity index (χ3v) is 6.84. The smallest absolute Gasteiger partial charge is 0.224 e. The lowest BCUT2D eigenvalue weighted by Gasteiger charge is -2.37. The normalized spacial score (nSPS) is 24.0. The quantitative estimate of drug-likeness (QED) is 0.630. The van der Waals surface area contributed by atoms with Crippen molar-refractivity contribution < 1.29 is 13.9 Å². The molecule has 33 heavy (non-hydrogen) atoms. The number of aromatic nitrogens is 1. The number of amides is 1. The molecule has 1 unspecified atom stereocenters. The van der Waals surface area contributed by atoms with Crippen LogP contribution in [-0.4, -0.2) is 66.1 Å². The lowest BCUT2D eigenvalue weighted by Crippen LogP contribution is -2.49. The average Bonchev–Trinajstić information content (AvgIpc) is 3.29. The highest BCUT2D eigenvalue weighted by Gasteiger charge is 2.33. The van der Waals surface area contributed by atoms with Crippen LogP contribution in [0.25, 0.3) is 0 Å². The number of piperidine rings is 1. The summed E-state index contributed by atoms with van der Waals surface area (Å²) in [5, 5.41) is 3.24. The van der Waals surface area contributed by atoms with Crippen LogP contribution in [0.2, 0.25) is 0 Å². The van der Waals surface area contributed by atoms with Crippen LogP contribution in [0.1, 0.15) is 31.7 Å². The van der Waals surface area contributed by atoms with Crippen LogP contribution in [0.15, 0.2) is 48.8 Å². The Morgan fingerprint density at radius 3 is 2.88 bits per heavy atom. The molecule has 1 aromatic heterocycles. The van der Waals surface area contributed by atoms with E-state index in [9.17, 15) is 9.18 Å². The molecule has 3 atom stereocenters. The van der Waals surface area contributed by atoms with E-state index in [0.717, 1.165) is 52.1 Å². The van der Waals surface area contributed by atoms with E-state index in [0.29, 0.717) is 18.4 Å². The molecule has 2 aliphatic heterocycles. The van der Waals surface area contributed by atoms with Gasteiger partial charge in [0.15, 0.2) is 0 Å². The zero-order valence-electron chi connectivity index (χ0n) is 19.5. The number of rotatable bonds is 9. The monoisotopic (exact) mass is 454 g/mol. The largest absolute Gasteiger partial charge is 0.493 e. The molecular weight excluding hydrogens is 419 g/mol. The molecule has 1 amide bonds. The van der Waals surface area contributed by atoms with Crippen LogP contribution in [0.3, 0.4) is 0 Å². The average molecular weight is 455 g/mol. The van der Waals surface area contributed by atoms with Crippen molar-refractivity contribution in [2.45, 2.75) is 38.8 Å². The van der Waals surface area contributed by atoms with Crippen molar-refractivity contribution in [3.8, 4) is 5.75 Å². The predicted octanol–water partition coefficient (Wildman–Crippen LogP) is 3.34. The Labute approximate surface area is 196 Å². The van der Waals surface area contributed by atoms with Gasteiger partial charge in [-0.25, -0.2) is 4.39 Å². The lowest BCUT2D eigenvalue weighted by atomic mass is 9.88. The Kier molecular flexibility index (Phi) is 8.29. The van der Waals surface area contributed by atoms with E-state index >= 15 is 0 Å². The summed E-state index contributed by atoms with van der Waals surface area (Å²) in [6.07, 6.45) is 6.73. The fourth-order valence-corrected chi connectivity index (χ4v) is 5.17. The third kappa shape index (κ3) is 6.74. The highest BCUT2D eigenvalue weighted by molar-refractivity contribution is 5.79. The SMILES string of the molecule is CCN1CCCC1CNC(=O)[C@@H]1C[C@H](COc2cccc(F)c2)CN(Cc2ccncc2)C1. The molecule has 3 heterocycles. The zero-order chi connectivity index (χ0) is 23.0. The van der Waals surface area contributed by atoms with Gasteiger partial charge >= 0.3 is 0 Å². The number of halogens is 1. The number of benzene rings is 1. The van der Waals surface area contributed by atoms with E-state index < -0.39 is 0 Å². The van der Waals surface area contributed by atoms with Crippen LogP contribution in [0, 0.1) is 17.7 Å². The molecule has 0 aliphatic carbocycles. The number of likely N-dealkylation sites (N-methyl/N-ethyl adjacent to an activating group) is 1. The van der Waals surface area contributed by atoms with E-state index in [-0.39, 0.29) is 23.6 Å². The second-order valence-electron chi connectivity index (χ2n) is 9.29. The van der Waals surface area contributed by atoms with Crippen molar-refractivity contribution in [1.29, 1.82) is 0 Å². The molecule has 2 saturated heterocycles. The Hall–Kier alpha value is -2.51. The van der Waals surface area contributed by atoms with Crippen LogP contribution in [0.5, 0.6) is 5.75 Å².